The average Bonchev–Trinajstić information content (AvgIpc) is 3.24. The Morgan fingerprint density at radius 1 is 1.03 bits per heavy atom. The van der Waals surface area contributed by atoms with Crippen LogP contribution in [0.2, 0.25) is 0 Å². The molecule has 0 heterocycles. The van der Waals surface area contributed by atoms with E-state index in [1.807, 2.05) is 6.07 Å². The van der Waals surface area contributed by atoms with E-state index in [1.54, 1.807) is 0 Å². The highest BCUT2D eigenvalue weighted by molar-refractivity contribution is 5.77. The average molecular weight is 471 g/mol. The van der Waals surface area contributed by atoms with Gasteiger partial charge in [-0.25, -0.2) is 13.6 Å². The van der Waals surface area contributed by atoms with E-state index < -0.39 is 47.1 Å². The monoisotopic (exact) mass is 471 g/mol. The van der Waals surface area contributed by atoms with Crippen LogP contribution in [-0.4, -0.2) is 24.6 Å². The van der Waals surface area contributed by atoms with E-state index in [0.29, 0.717) is 18.9 Å². The largest absolute Gasteiger partial charge is 0.461 e. The molecule has 0 radical (unpaired) electrons. The van der Waals surface area contributed by atoms with E-state index in [9.17, 15) is 36.4 Å². The Morgan fingerprint density at radius 2 is 1.67 bits per heavy atom. The third-order valence-corrected chi connectivity index (χ3v) is 5.25. The highest BCUT2D eigenvalue weighted by Gasteiger charge is 2.45. The number of benzene rings is 2. The predicted octanol–water partition coefficient (Wildman–Crippen LogP) is 5.21. The van der Waals surface area contributed by atoms with E-state index in [1.165, 1.54) is 0 Å². The number of rotatable bonds is 7. The van der Waals surface area contributed by atoms with Gasteiger partial charge in [-0.2, -0.15) is 22.8 Å². The van der Waals surface area contributed by atoms with Crippen molar-refractivity contribution in [1.82, 2.24) is 10.6 Å². The second-order valence-electron chi connectivity index (χ2n) is 7.59. The first-order valence-electron chi connectivity index (χ1n) is 9.98. The minimum Gasteiger partial charge on any atom is -0.428 e. The number of nitrogens with one attached hydrogen (secondary N) is 2. The number of ether oxygens (including phenoxy) is 1. The van der Waals surface area contributed by atoms with Gasteiger partial charge in [0.2, 0.25) is 0 Å². The molecule has 1 aliphatic rings. The summed E-state index contributed by atoms with van der Waals surface area (Å²) in [6.07, 6.45) is -5.90. The highest BCUT2D eigenvalue weighted by atomic mass is 19.3. The number of hydrogen-bond acceptors (Lipinski definition) is 3. The maximum Gasteiger partial charge on any atom is 0.461 e. The minimum absolute atomic E-state index is 0.0230. The maximum absolute atomic E-state index is 14.3. The molecule has 1 atom stereocenters. The van der Waals surface area contributed by atoms with Crippen molar-refractivity contribution in [2.75, 3.05) is 0 Å². The summed E-state index contributed by atoms with van der Waals surface area (Å²) in [5.41, 5.74) is -2.60. The van der Waals surface area contributed by atoms with E-state index >= 15 is 0 Å². The van der Waals surface area contributed by atoms with Crippen molar-refractivity contribution in [3.63, 3.8) is 0 Å². The first kappa shape index (κ1) is 24.2. The summed E-state index contributed by atoms with van der Waals surface area (Å²) < 4.78 is 83.7. The molecule has 2 aromatic carbocycles. The molecule has 1 aliphatic carbocycles. The number of hydrogen-bond donors (Lipinski definition) is 2. The third-order valence-electron chi connectivity index (χ3n) is 5.25. The van der Waals surface area contributed by atoms with Crippen LogP contribution in [0.1, 0.15) is 36.8 Å². The Bertz CT molecular complexity index is 1040. The molecule has 2 N–H and O–H groups in total. The fourth-order valence-electron chi connectivity index (χ4n) is 3.67. The summed E-state index contributed by atoms with van der Waals surface area (Å²) in [5.74, 6) is -2.84. The number of carbonyl (C=O) groups is 1. The molecule has 11 heteroatoms. The summed E-state index contributed by atoms with van der Waals surface area (Å²) in [5, 5.41) is 15.1. The van der Waals surface area contributed by atoms with Gasteiger partial charge in [0.1, 0.15) is 23.5 Å². The lowest BCUT2D eigenvalue weighted by atomic mass is 9.83. The smallest absolute Gasteiger partial charge is 0.428 e. The summed E-state index contributed by atoms with van der Waals surface area (Å²) in [6.45, 7) is 0. The zero-order chi connectivity index (χ0) is 24.2. The molecule has 1 unspecified atom stereocenters. The molecular formula is C22H19F6N3O2. The third kappa shape index (κ3) is 5.50. The van der Waals surface area contributed by atoms with Gasteiger partial charge in [-0.05, 0) is 42.7 Å². The number of carbonyl (C=O) groups excluding carboxylic acids is 1. The van der Waals surface area contributed by atoms with Crippen LogP contribution >= 0.6 is 0 Å². The zero-order valence-electron chi connectivity index (χ0n) is 17.1. The Balaban J connectivity index is 2.06. The van der Waals surface area contributed by atoms with Gasteiger partial charge in [-0.15, -0.1) is 0 Å². The number of amides is 2. The van der Waals surface area contributed by atoms with Crippen molar-refractivity contribution >= 4 is 6.03 Å². The second-order valence-corrected chi connectivity index (χ2v) is 7.59. The predicted molar refractivity (Wildman–Crippen MR) is 105 cm³/mol. The van der Waals surface area contributed by atoms with Gasteiger partial charge in [0.15, 0.2) is 5.54 Å². The summed E-state index contributed by atoms with van der Waals surface area (Å²) in [7, 11) is 0. The summed E-state index contributed by atoms with van der Waals surface area (Å²) in [6, 6.07) is 7.04. The lowest BCUT2D eigenvalue weighted by Crippen LogP contribution is -2.52. The van der Waals surface area contributed by atoms with Gasteiger partial charge < -0.3 is 15.4 Å². The van der Waals surface area contributed by atoms with Crippen LogP contribution in [0.15, 0.2) is 42.5 Å². The molecule has 33 heavy (non-hydrogen) atoms. The Hall–Kier alpha value is -3.42. The Labute approximate surface area is 185 Å². The molecule has 1 fully saturated rings. The van der Waals surface area contributed by atoms with E-state index in [2.05, 4.69) is 15.4 Å². The molecule has 3 rings (SSSR count). The maximum atomic E-state index is 14.3. The first-order chi connectivity index (χ1) is 15.6. The molecule has 1 saturated carbocycles. The number of halogens is 6. The van der Waals surface area contributed by atoms with Crippen LogP contribution in [-0.2, 0) is 5.54 Å². The van der Waals surface area contributed by atoms with Crippen molar-refractivity contribution in [2.24, 2.45) is 0 Å². The molecule has 0 saturated heterocycles. The molecule has 2 aromatic rings. The number of urea groups is 1. The van der Waals surface area contributed by atoms with Gasteiger partial charge >= 0.3 is 18.6 Å². The first-order valence-corrected chi connectivity index (χ1v) is 9.98. The topological polar surface area (TPSA) is 74.2 Å². The fourth-order valence-corrected chi connectivity index (χ4v) is 3.67. The number of nitriles is 1. The SMILES string of the molecule is N#CC(NC(=O)NC1CCCC1)(c1ccc(F)cc1)c1cc(F)cc(OC(F)(F)C(F)F)c1. The molecule has 5 nitrogen and oxygen atoms in total. The van der Waals surface area contributed by atoms with Crippen LogP contribution in [0.3, 0.4) is 0 Å². The van der Waals surface area contributed by atoms with E-state index in [4.69, 9.17) is 0 Å². The van der Waals surface area contributed by atoms with Crippen molar-refractivity contribution < 1.29 is 35.9 Å². The van der Waals surface area contributed by atoms with Crippen LogP contribution in [0.25, 0.3) is 0 Å². The molecule has 0 aromatic heterocycles. The quantitative estimate of drug-likeness (QED) is 0.545. The normalized spacial score (nSPS) is 16.2. The van der Waals surface area contributed by atoms with Crippen molar-refractivity contribution in [3.8, 4) is 11.8 Å². The molecular weight excluding hydrogens is 452 g/mol. The van der Waals surface area contributed by atoms with Gasteiger partial charge in [0.25, 0.3) is 0 Å². The Morgan fingerprint density at radius 3 is 2.24 bits per heavy atom. The molecule has 2 amide bonds. The number of nitrogens with zero attached hydrogens (tertiary/aromatic N) is 1. The zero-order valence-corrected chi connectivity index (χ0v) is 17.1. The van der Waals surface area contributed by atoms with Crippen molar-refractivity contribution in [3.05, 3.63) is 65.2 Å². The summed E-state index contributed by atoms with van der Waals surface area (Å²) >= 11 is 0. The standard InChI is InChI=1S/C22H19F6N3O2/c23-15-7-5-13(6-8-15)21(12-29,31-20(32)30-17-3-1-2-4-17)14-9-16(24)11-18(10-14)33-22(27,28)19(25)26/h5-11,17,19H,1-4H2,(H2,30,31,32). The lowest BCUT2D eigenvalue weighted by Gasteiger charge is -2.30. The van der Waals surface area contributed by atoms with Gasteiger partial charge in [-0.3, -0.25) is 0 Å². The van der Waals surface area contributed by atoms with Crippen molar-refractivity contribution in [1.29, 1.82) is 5.26 Å². The highest BCUT2D eigenvalue weighted by Crippen LogP contribution is 2.35. The van der Waals surface area contributed by atoms with E-state index in [-0.39, 0.29) is 11.6 Å². The molecule has 0 aliphatic heterocycles. The van der Waals surface area contributed by atoms with Crippen molar-refractivity contribution in [2.45, 2.75) is 49.8 Å². The Kier molecular flexibility index (Phi) is 7.05. The van der Waals surface area contributed by atoms with Crippen LogP contribution < -0.4 is 15.4 Å². The van der Waals surface area contributed by atoms with Gasteiger partial charge in [0, 0.05) is 17.7 Å². The van der Waals surface area contributed by atoms with Crippen LogP contribution in [0, 0.1) is 23.0 Å². The number of alkyl halides is 4. The van der Waals surface area contributed by atoms with Gasteiger partial charge in [-0.1, -0.05) is 25.0 Å². The summed E-state index contributed by atoms with van der Waals surface area (Å²) in [4.78, 5) is 12.7. The van der Waals surface area contributed by atoms with Crippen LogP contribution in [0.4, 0.5) is 31.1 Å². The fraction of sp³-hybridized carbons (Fsp3) is 0.364. The second kappa shape index (κ2) is 9.60. The lowest BCUT2D eigenvalue weighted by molar-refractivity contribution is -0.253. The molecule has 0 spiro atoms. The van der Waals surface area contributed by atoms with Crippen LogP contribution in [0.5, 0.6) is 5.75 Å². The molecule has 0 bridgehead atoms. The van der Waals surface area contributed by atoms with E-state index in [0.717, 1.165) is 49.2 Å². The van der Waals surface area contributed by atoms with Gasteiger partial charge in [0.05, 0.1) is 0 Å². The minimum atomic E-state index is -4.93. The molecule has 176 valence electrons.